The fourth-order valence-corrected chi connectivity index (χ4v) is 6.38. The molecule has 1 unspecified atom stereocenters. The first-order chi connectivity index (χ1) is 17.8. The van der Waals surface area contributed by atoms with Crippen molar-refractivity contribution in [3.05, 3.63) is 52.9 Å². The number of hydrogen-bond acceptors (Lipinski definition) is 7. The first-order valence-corrected chi connectivity index (χ1v) is 14.2. The van der Waals surface area contributed by atoms with Crippen LogP contribution in [-0.4, -0.2) is 67.7 Å². The summed E-state index contributed by atoms with van der Waals surface area (Å²) in [5.74, 6) is 0.732. The number of halogens is 1. The molecule has 0 bridgehead atoms. The maximum Gasteiger partial charge on any atom is 0.255 e. The third-order valence-corrected chi connectivity index (χ3v) is 8.26. The predicted octanol–water partition coefficient (Wildman–Crippen LogP) is 3.57. The van der Waals surface area contributed by atoms with E-state index >= 15 is 0 Å². The van der Waals surface area contributed by atoms with Crippen molar-refractivity contribution in [2.45, 2.75) is 25.3 Å². The van der Waals surface area contributed by atoms with Crippen molar-refractivity contribution in [1.82, 2.24) is 19.6 Å². The zero-order valence-corrected chi connectivity index (χ0v) is 22.1. The number of fused-ring (bicyclic) bond motifs is 1. The lowest BCUT2D eigenvalue weighted by atomic mass is 10.0. The Morgan fingerprint density at radius 3 is 2.92 bits per heavy atom. The second-order valence-corrected chi connectivity index (χ2v) is 11.4. The molecule has 196 valence electrons. The van der Waals surface area contributed by atoms with Crippen molar-refractivity contribution in [2.75, 3.05) is 38.4 Å². The molecule has 2 aromatic heterocycles. The molecular weight excluding hydrogens is 518 g/mol. The second-order valence-electron chi connectivity index (χ2n) is 9.03. The van der Waals surface area contributed by atoms with Gasteiger partial charge >= 0.3 is 0 Å². The van der Waals surface area contributed by atoms with E-state index in [1.165, 1.54) is 17.7 Å². The summed E-state index contributed by atoms with van der Waals surface area (Å²) in [7, 11) is -1.79. The first-order valence-electron chi connectivity index (χ1n) is 11.9. The lowest BCUT2D eigenvalue weighted by Crippen LogP contribution is -2.38. The van der Waals surface area contributed by atoms with Crippen LogP contribution in [-0.2, 0) is 16.4 Å². The quantitative estimate of drug-likeness (QED) is 0.395. The average molecular weight is 546 g/mol. The molecule has 3 aromatic rings. The van der Waals surface area contributed by atoms with E-state index in [0.29, 0.717) is 64.2 Å². The molecule has 2 aliphatic heterocycles. The van der Waals surface area contributed by atoms with E-state index in [2.05, 4.69) is 20.6 Å². The molecule has 0 saturated carbocycles. The summed E-state index contributed by atoms with van der Waals surface area (Å²) < 4.78 is 37.5. The van der Waals surface area contributed by atoms with E-state index in [-0.39, 0.29) is 18.6 Å². The number of aromatic amines is 1. The molecular formula is C25H28ClN5O5S. The zero-order valence-electron chi connectivity index (χ0n) is 20.5. The molecule has 4 heterocycles. The van der Waals surface area contributed by atoms with Gasteiger partial charge in [0.1, 0.15) is 12.4 Å². The second kappa shape index (κ2) is 10.2. The van der Waals surface area contributed by atoms with Crippen molar-refractivity contribution in [1.29, 1.82) is 0 Å². The standard InChI is InChI=1S/C25H28ClN5O5S/c1-35-24-17(26)6-3-7-19(24)30-23-21-18(9-11-28-25(21)32)29-22(23)16-8-10-27-13-20(16)36-14-15-5-4-12-31(15)37(2,33)34/h3,6-8,10,13,15,29-30H,4-5,9,11-12,14H2,1-2H3,(H,28,32). The molecule has 1 atom stereocenters. The summed E-state index contributed by atoms with van der Waals surface area (Å²) in [5, 5.41) is 6.69. The summed E-state index contributed by atoms with van der Waals surface area (Å²) in [6, 6.07) is 6.89. The number of sulfonamides is 1. The van der Waals surface area contributed by atoms with E-state index in [9.17, 15) is 13.2 Å². The summed E-state index contributed by atoms with van der Waals surface area (Å²) in [4.78, 5) is 20.6. The third kappa shape index (κ3) is 4.98. The minimum Gasteiger partial charge on any atom is -0.493 e. The number of ether oxygens (including phenoxy) is 2. The van der Waals surface area contributed by atoms with Gasteiger partial charge in [-0.3, -0.25) is 9.78 Å². The number of carbonyl (C=O) groups excluding carboxylic acids is 1. The highest BCUT2D eigenvalue weighted by Crippen LogP contribution is 2.43. The van der Waals surface area contributed by atoms with Crippen molar-refractivity contribution < 1.29 is 22.7 Å². The molecule has 1 aromatic carbocycles. The van der Waals surface area contributed by atoms with Crippen LogP contribution in [0.1, 0.15) is 28.9 Å². The first kappa shape index (κ1) is 25.4. The van der Waals surface area contributed by atoms with E-state index in [1.807, 2.05) is 6.07 Å². The molecule has 1 saturated heterocycles. The van der Waals surface area contributed by atoms with Crippen molar-refractivity contribution in [2.24, 2.45) is 0 Å². The molecule has 1 amide bonds. The van der Waals surface area contributed by atoms with Crippen molar-refractivity contribution >= 4 is 38.9 Å². The van der Waals surface area contributed by atoms with Gasteiger partial charge in [-0.25, -0.2) is 8.42 Å². The third-order valence-electron chi connectivity index (χ3n) is 6.63. The minimum atomic E-state index is -3.32. The fourth-order valence-electron chi connectivity index (χ4n) is 4.96. The molecule has 5 rings (SSSR count). The van der Waals surface area contributed by atoms with Crippen LogP contribution in [0.15, 0.2) is 36.7 Å². The summed E-state index contributed by atoms with van der Waals surface area (Å²) in [6.07, 6.45) is 6.60. The van der Waals surface area contributed by atoms with Gasteiger partial charge in [-0.2, -0.15) is 4.31 Å². The number of rotatable bonds is 8. The number of hydrogen-bond donors (Lipinski definition) is 3. The minimum absolute atomic E-state index is 0.192. The molecule has 0 aliphatic carbocycles. The number of pyridine rings is 1. The van der Waals surface area contributed by atoms with Crippen LogP contribution < -0.4 is 20.1 Å². The number of benzene rings is 1. The molecule has 0 radical (unpaired) electrons. The Labute approximate surface area is 220 Å². The maximum absolute atomic E-state index is 12.9. The van der Waals surface area contributed by atoms with Gasteiger partial charge in [-0.1, -0.05) is 17.7 Å². The number of anilines is 2. The van der Waals surface area contributed by atoms with Gasteiger partial charge in [-0.15, -0.1) is 0 Å². The monoisotopic (exact) mass is 545 g/mol. The number of H-pyrrole nitrogens is 1. The highest BCUT2D eigenvalue weighted by Gasteiger charge is 2.33. The smallest absolute Gasteiger partial charge is 0.255 e. The number of methoxy groups -OCH3 is 1. The lowest BCUT2D eigenvalue weighted by molar-refractivity contribution is 0.0947. The van der Waals surface area contributed by atoms with Crippen LogP contribution >= 0.6 is 11.6 Å². The van der Waals surface area contributed by atoms with Crippen molar-refractivity contribution in [3.63, 3.8) is 0 Å². The topological polar surface area (TPSA) is 126 Å². The molecule has 12 heteroatoms. The SMILES string of the molecule is COc1c(Cl)cccc1Nc1c(-c2ccncc2OCC2CCCN2S(C)(=O)=O)[nH]c2c1C(=O)NCC2. The largest absolute Gasteiger partial charge is 0.493 e. The Hall–Kier alpha value is -3.28. The number of nitrogens with zero attached hydrogens (tertiary/aromatic N) is 2. The molecule has 1 fully saturated rings. The Morgan fingerprint density at radius 1 is 1.30 bits per heavy atom. The summed E-state index contributed by atoms with van der Waals surface area (Å²) in [6.45, 7) is 1.20. The van der Waals surface area contributed by atoms with Gasteiger partial charge in [0.15, 0.2) is 5.75 Å². The fraction of sp³-hybridized carbons (Fsp3) is 0.360. The van der Waals surface area contributed by atoms with Crippen LogP contribution in [0.3, 0.4) is 0 Å². The summed E-state index contributed by atoms with van der Waals surface area (Å²) in [5.41, 5.74) is 3.79. The summed E-state index contributed by atoms with van der Waals surface area (Å²) >= 11 is 6.34. The number of amides is 1. The van der Waals surface area contributed by atoms with Crippen LogP contribution in [0, 0.1) is 0 Å². The van der Waals surface area contributed by atoms with E-state index < -0.39 is 10.0 Å². The Bertz CT molecular complexity index is 1440. The van der Waals surface area contributed by atoms with Crippen LogP contribution in [0.25, 0.3) is 11.3 Å². The number of para-hydroxylation sites is 1. The molecule has 2 aliphatic rings. The van der Waals surface area contributed by atoms with E-state index in [1.54, 1.807) is 30.6 Å². The van der Waals surface area contributed by atoms with Crippen LogP contribution in [0.5, 0.6) is 11.5 Å². The molecule has 3 N–H and O–H groups in total. The Balaban J connectivity index is 1.54. The highest BCUT2D eigenvalue weighted by molar-refractivity contribution is 7.88. The molecule has 37 heavy (non-hydrogen) atoms. The molecule has 0 spiro atoms. The van der Waals surface area contributed by atoms with Gasteiger partial charge in [0.25, 0.3) is 5.91 Å². The zero-order chi connectivity index (χ0) is 26.2. The number of aromatic nitrogens is 2. The Kier molecular flexibility index (Phi) is 7.02. The normalized spacial score (nSPS) is 17.8. The van der Waals surface area contributed by atoms with Gasteiger partial charge in [0.05, 0.1) is 53.3 Å². The number of nitrogens with one attached hydrogen (secondary N) is 3. The Morgan fingerprint density at radius 2 is 2.14 bits per heavy atom. The van der Waals surface area contributed by atoms with Crippen LogP contribution in [0.4, 0.5) is 11.4 Å². The van der Waals surface area contributed by atoms with E-state index in [0.717, 1.165) is 18.5 Å². The van der Waals surface area contributed by atoms with Gasteiger partial charge in [-0.05, 0) is 31.0 Å². The van der Waals surface area contributed by atoms with Gasteiger partial charge in [0, 0.05) is 37.0 Å². The number of carbonyl (C=O) groups is 1. The predicted molar refractivity (Wildman–Crippen MR) is 141 cm³/mol. The average Bonchev–Trinajstić information content (AvgIpc) is 3.49. The molecule has 10 nitrogen and oxygen atoms in total. The van der Waals surface area contributed by atoms with Crippen LogP contribution in [0.2, 0.25) is 5.02 Å². The highest BCUT2D eigenvalue weighted by atomic mass is 35.5. The lowest BCUT2D eigenvalue weighted by Gasteiger charge is -2.23. The van der Waals surface area contributed by atoms with Crippen molar-refractivity contribution in [3.8, 4) is 22.8 Å². The van der Waals surface area contributed by atoms with Gasteiger partial charge in [0.2, 0.25) is 10.0 Å². The van der Waals surface area contributed by atoms with E-state index in [4.69, 9.17) is 21.1 Å². The van der Waals surface area contributed by atoms with Gasteiger partial charge < -0.3 is 25.1 Å². The maximum atomic E-state index is 12.9.